The molecular formula is C16H17F3N2O2. The Morgan fingerprint density at radius 3 is 2.74 bits per heavy atom. The number of β-amino-alcohol motifs (C(OH)–C–C–N with tert-alkyl or cyclic N) is 1. The topological polar surface area (TPSA) is 49.5 Å². The van der Waals surface area contributed by atoms with E-state index in [2.05, 4.69) is 5.16 Å². The number of aromatic nitrogens is 1. The molecule has 0 bridgehead atoms. The zero-order chi connectivity index (χ0) is 16.6. The van der Waals surface area contributed by atoms with Gasteiger partial charge in [0.25, 0.3) is 0 Å². The smallest absolute Gasteiger partial charge is 0.392 e. The van der Waals surface area contributed by atoms with Crippen LogP contribution in [0.1, 0.15) is 35.0 Å². The van der Waals surface area contributed by atoms with Crippen LogP contribution < -0.4 is 0 Å². The molecule has 23 heavy (non-hydrogen) atoms. The van der Waals surface area contributed by atoms with E-state index in [0.29, 0.717) is 24.5 Å². The van der Waals surface area contributed by atoms with Gasteiger partial charge in [-0.3, -0.25) is 4.90 Å². The molecule has 1 aliphatic heterocycles. The van der Waals surface area contributed by atoms with Gasteiger partial charge in [-0.25, -0.2) is 0 Å². The first-order chi connectivity index (χ1) is 10.8. The quantitative estimate of drug-likeness (QED) is 0.940. The van der Waals surface area contributed by atoms with Crippen molar-refractivity contribution in [3.63, 3.8) is 0 Å². The van der Waals surface area contributed by atoms with Gasteiger partial charge in [0.1, 0.15) is 0 Å². The van der Waals surface area contributed by atoms with Gasteiger partial charge in [0.15, 0.2) is 5.76 Å². The van der Waals surface area contributed by atoms with Crippen LogP contribution in [-0.2, 0) is 12.7 Å². The Hall–Kier alpha value is -1.86. The highest BCUT2D eigenvalue weighted by Gasteiger charge is 2.39. The average molecular weight is 326 g/mol. The van der Waals surface area contributed by atoms with Crippen LogP contribution in [0.25, 0.3) is 0 Å². The van der Waals surface area contributed by atoms with Gasteiger partial charge < -0.3 is 9.63 Å². The lowest BCUT2D eigenvalue weighted by molar-refractivity contribution is -0.138. The molecule has 1 aliphatic rings. The molecule has 4 nitrogen and oxygen atoms in total. The van der Waals surface area contributed by atoms with Crippen LogP contribution in [0, 0.1) is 6.92 Å². The van der Waals surface area contributed by atoms with Crippen molar-refractivity contribution in [3.05, 3.63) is 52.9 Å². The van der Waals surface area contributed by atoms with Crippen molar-refractivity contribution in [2.45, 2.75) is 38.2 Å². The molecular weight excluding hydrogens is 309 g/mol. The minimum atomic E-state index is -4.42. The monoisotopic (exact) mass is 326 g/mol. The number of rotatable bonds is 3. The molecule has 1 N–H and O–H groups in total. The highest BCUT2D eigenvalue weighted by atomic mass is 19.4. The van der Waals surface area contributed by atoms with Crippen molar-refractivity contribution >= 4 is 0 Å². The number of aliphatic hydroxyl groups is 1. The zero-order valence-corrected chi connectivity index (χ0v) is 12.5. The van der Waals surface area contributed by atoms with E-state index in [4.69, 9.17) is 4.52 Å². The Labute approximate surface area is 131 Å². The van der Waals surface area contributed by atoms with Crippen LogP contribution >= 0.6 is 0 Å². The van der Waals surface area contributed by atoms with Gasteiger partial charge in [-0.2, -0.15) is 13.2 Å². The summed E-state index contributed by atoms with van der Waals surface area (Å²) < 4.78 is 44.9. The van der Waals surface area contributed by atoms with E-state index >= 15 is 0 Å². The molecule has 3 rings (SSSR count). The summed E-state index contributed by atoms with van der Waals surface area (Å²) in [5, 5.41) is 13.7. The van der Waals surface area contributed by atoms with Gasteiger partial charge in [0, 0.05) is 18.7 Å². The van der Waals surface area contributed by atoms with E-state index in [0.717, 1.165) is 6.07 Å². The summed E-state index contributed by atoms with van der Waals surface area (Å²) in [4.78, 5) is 1.80. The van der Waals surface area contributed by atoms with Crippen LogP contribution in [0.5, 0.6) is 0 Å². The molecule has 0 radical (unpaired) electrons. The summed E-state index contributed by atoms with van der Waals surface area (Å²) >= 11 is 0. The zero-order valence-electron chi connectivity index (χ0n) is 12.5. The molecule has 7 heteroatoms. The van der Waals surface area contributed by atoms with Gasteiger partial charge in [-0.05, 0) is 25.0 Å². The van der Waals surface area contributed by atoms with Gasteiger partial charge >= 0.3 is 6.18 Å². The summed E-state index contributed by atoms with van der Waals surface area (Å²) in [7, 11) is 0. The molecule has 0 amide bonds. The second kappa shape index (κ2) is 5.98. The SMILES string of the molecule is Cc1cc(CN2C[C@H](O)C[C@@H]2c2ccccc2C(F)(F)F)on1. The maximum atomic E-state index is 13.2. The Morgan fingerprint density at radius 2 is 2.09 bits per heavy atom. The van der Waals surface area contributed by atoms with Crippen molar-refractivity contribution in [1.29, 1.82) is 0 Å². The number of hydrogen-bond acceptors (Lipinski definition) is 4. The van der Waals surface area contributed by atoms with Crippen LogP contribution in [0.2, 0.25) is 0 Å². The summed E-state index contributed by atoms with van der Waals surface area (Å²) in [6.07, 6.45) is -4.82. The molecule has 1 aromatic heterocycles. The molecule has 0 aliphatic carbocycles. The van der Waals surface area contributed by atoms with E-state index in [1.54, 1.807) is 24.0 Å². The molecule has 124 valence electrons. The predicted octanol–water partition coefficient (Wildman–Crippen LogP) is 3.31. The summed E-state index contributed by atoms with van der Waals surface area (Å²) in [5.74, 6) is 0.575. The van der Waals surface area contributed by atoms with E-state index in [1.807, 2.05) is 0 Å². The van der Waals surface area contributed by atoms with Gasteiger partial charge in [0.2, 0.25) is 0 Å². The lowest BCUT2D eigenvalue weighted by atomic mass is 9.97. The first kappa shape index (κ1) is 16.0. The van der Waals surface area contributed by atoms with E-state index in [9.17, 15) is 18.3 Å². The molecule has 2 aromatic rings. The van der Waals surface area contributed by atoms with Crippen LogP contribution in [-0.4, -0.2) is 27.8 Å². The fourth-order valence-electron chi connectivity index (χ4n) is 3.11. The fraction of sp³-hybridized carbons (Fsp3) is 0.438. The lowest BCUT2D eigenvalue weighted by Crippen LogP contribution is -2.25. The van der Waals surface area contributed by atoms with Crippen LogP contribution in [0.4, 0.5) is 13.2 Å². The number of aryl methyl sites for hydroxylation is 1. The second-order valence-electron chi connectivity index (χ2n) is 5.85. The second-order valence-corrected chi connectivity index (χ2v) is 5.85. The first-order valence-electron chi connectivity index (χ1n) is 7.35. The van der Waals surface area contributed by atoms with Crippen LogP contribution in [0.3, 0.4) is 0 Å². The molecule has 2 heterocycles. The molecule has 0 spiro atoms. The number of hydrogen-bond donors (Lipinski definition) is 1. The Bertz CT molecular complexity index is 684. The molecule has 1 aromatic carbocycles. The van der Waals surface area contributed by atoms with Crippen molar-refractivity contribution in [2.75, 3.05) is 6.54 Å². The van der Waals surface area contributed by atoms with E-state index < -0.39 is 23.9 Å². The number of likely N-dealkylation sites (tertiary alicyclic amines) is 1. The maximum Gasteiger partial charge on any atom is 0.416 e. The summed E-state index contributed by atoms with van der Waals surface area (Å²) in [5.41, 5.74) is 0.248. The van der Waals surface area contributed by atoms with Crippen molar-refractivity contribution in [3.8, 4) is 0 Å². The number of benzene rings is 1. The summed E-state index contributed by atoms with van der Waals surface area (Å²) in [6, 6.07) is 6.76. The van der Waals surface area contributed by atoms with E-state index in [1.165, 1.54) is 12.1 Å². The largest absolute Gasteiger partial charge is 0.416 e. The van der Waals surface area contributed by atoms with Crippen molar-refractivity contribution in [1.82, 2.24) is 10.1 Å². The highest BCUT2D eigenvalue weighted by Crippen LogP contribution is 2.40. The number of aliphatic hydroxyl groups excluding tert-OH is 1. The number of halogens is 3. The molecule has 2 atom stereocenters. The fourth-order valence-corrected chi connectivity index (χ4v) is 3.11. The van der Waals surface area contributed by atoms with Crippen molar-refractivity contribution in [2.24, 2.45) is 0 Å². The standard InChI is InChI=1S/C16H17F3N2O2/c1-10-6-12(23-20-10)9-21-8-11(22)7-15(21)13-4-2-3-5-14(13)16(17,18)19/h2-6,11,15,22H,7-9H2,1H3/t11-,15-/m1/s1. The Balaban J connectivity index is 1.91. The minimum absolute atomic E-state index is 0.188. The maximum absolute atomic E-state index is 13.2. The van der Waals surface area contributed by atoms with Gasteiger partial charge in [0.05, 0.1) is 23.9 Å². The molecule has 0 saturated carbocycles. The third kappa shape index (κ3) is 3.40. The number of nitrogens with zero attached hydrogens (tertiary/aromatic N) is 2. The average Bonchev–Trinajstić information content (AvgIpc) is 3.04. The molecule has 1 fully saturated rings. The minimum Gasteiger partial charge on any atom is -0.392 e. The normalized spacial score (nSPS) is 22.7. The highest BCUT2D eigenvalue weighted by molar-refractivity contribution is 5.33. The van der Waals surface area contributed by atoms with E-state index in [-0.39, 0.29) is 12.0 Å². The Morgan fingerprint density at radius 1 is 1.35 bits per heavy atom. The number of alkyl halides is 3. The third-order valence-electron chi connectivity index (χ3n) is 4.04. The Kier molecular flexibility index (Phi) is 4.16. The van der Waals surface area contributed by atoms with Gasteiger partial charge in [-0.1, -0.05) is 23.4 Å². The lowest BCUT2D eigenvalue weighted by Gasteiger charge is -2.25. The predicted molar refractivity (Wildman–Crippen MR) is 76.5 cm³/mol. The van der Waals surface area contributed by atoms with Crippen molar-refractivity contribution < 1.29 is 22.8 Å². The molecule has 1 saturated heterocycles. The third-order valence-corrected chi connectivity index (χ3v) is 4.04. The van der Waals surface area contributed by atoms with Crippen LogP contribution in [0.15, 0.2) is 34.9 Å². The summed E-state index contributed by atoms with van der Waals surface area (Å²) in [6.45, 7) is 2.40. The first-order valence-corrected chi connectivity index (χ1v) is 7.35. The molecule has 0 unspecified atom stereocenters. The van der Waals surface area contributed by atoms with Gasteiger partial charge in [-0.15, -0.1) is 0 Å².